The van der Waals surface area contributed by atoms with E-state index in [2.05, 4.69) is 4.98 Å². The second kappa shape index (κ2) is 11.0. The van der Waals surface area contributed by atoms with Crippen LogP contribution in [0.1, 0.15) is 53.9 Å². The summed E-state index contributed by atoms with van der Waals surface area (Å²) in [6.07, 6.45) is 0.527. The van der Waals surface area contributed by atoms with Gasteiger partial charge in [-0.15, -0.1) is 0 Å². The summed E-state index contributed by atoms with van der Waals surface area (Å²) in [6, 6.07) is 19.1. The van der Waals surface area contributed by atoms with Gasteiger partial charge in [0.2, 0.25) is 0 Å². The Hall–Kier alpha value is -4.79. The molecule has 5 aromatic rings. The molecule has 0 bridgehead atoms. The van der Waals surface area contributed by atoms with E-state index in [1.54, 1.807) is 35.0 Å². The highest BCUT2D eigenvalue weighted by molar-refractivity contribution is 5.91. The van der Waals surface area contributed by atoms with Gasteiger partial charge in [-0.2, -0.15) is 13.2 Å². The number of allylic oxidation sites excluding steroid dienone is 1. The van der Waals surface area contributed by atoms with E-state index in [9.17, 15) is 22.8 Å². The molecule has 41 heavy (non-hydrogen) atoms. The van der Waals surface area contributed by atoms with Crippen molar-refractivity contribution in [1.29, 1.82) is 0 Å². The van der Waals surface area contributed by atoms with Crippen LogP contribution in [0.2, 0.25) is 0 Å². The molecular weight excluding hydrogens is 529 g/mol. The van der Waals surface area contributed by atoms with Crippen LogP contribution in [0, 0.1) is 6.92 Å². The Morgan fingerprint density at radius 3 is 2.32 bits per heavy atom. The minimum absolute atomic E-state index is 0.152. The lowest BCUT2D eigenvalue weighted by Gasteiger charge is -2.21. The number of benzene rings is 3. The first-order valence-corrected chi connectivity index (χ1v) is 13.0. The summed E-state index contributed by atoms with van der Waals surface area (Å²) in [7, 11) is 0. The number of aryl methyl sites for hydroxylation is 1. The first-order valence-electron chi connectivity index (χ1n) is 13.0. The molecule has 6 nitrogen and oxygen atoms in total. The van der Waals surface area contributed by atoms with Crippen molar-refractivity contribution in [2.24, 2.45) is 0 Å². The SMILES string of the molecule is CC(=O)/C=C/c1cn(C(C)c2nc3ccccc3c(=O)n2-c2ccc(C)cc2)c(Cc2ccc(C(F)(F)F)cc2)n1. The molecular formula is C32H27F3N4O2. The van der Waals surface area contributed by atoms with E-state index in [1.165, 1.54) is 25.1 Å². The average Bonchev–Trinajstić information content (AvgIpc) is 3.34. The molecule has 0 N–H and O–H groups in total. The van der Waals surface area contributed by atoms with Crippen molar-refractivity contribution in [2.45, 2.75) is 39.4 Å². The van der Waals surface area contributed by atoms with Crippen molar-refractivity contribution in [3.63, 3.8) is 0 Å². The first kappa shape index (κ1) is 27.8. The van der Waals surface area contributed by atoms with Crippen molar-refractivity contribution in [2.75, 3.05) is 0 Å². The number of alkyl halides is 3. The van der Waals surface area contributed by atoms with Crippen LogP contribution in [0.4, 0.5) is 13.2 Å². The van der Waals surface area contributed by atoms with Crippen LogP contribution in [0.3, 0.4) is 0 Å². The molecule has 9 heteroatoms. The molecule has 2 aromatic heterocycles. The number of aromatic nitrogens is 4. The molecule has 0 saturated carbocycles. The van der Waals surface area contributed by atoms with Gasteiger partial charge in [-0.05, 0) is 74.9 Å². The van der Waals surface area contributed by atoms with Crippen LogP contribution in [-0.2, 0) is 17.4 Å². The summed E-state index contributed by atoms with van der Waals surface area (Å²) >= 11 is 0. The van der Waals surface area contributed by atoms with E-state index >= 15 is 0 Å². The Kier molecular flexibility index (Phi) is 7.45. The lowest BCUT2D eigenvalue weighted by Crippen LogP contribution is -2.27. The molecule has 0 aliphatic rings. The largest absolute Gasteiger partial charge is 0.416 e. The van der Waals surface area contributed by atoms with Gasteiger partial charge in [0.1, 0.15) is 11.6 Å². The topological polar surface area (TPSA) is 69.8 Å². The molecule has 5 rings (SSSR count). The molecule has 2 heterocycles. The van der Waals surface area contributed by atoms with E-state index in [1.807, 2.05) is 48.7 Å². The number of rotatable bonds is 7. The van der Waals surface area contributed by atoms with Gasteiger partial charge in [0, 0.05) is 12.6 Å². The van der Waals surface area contributed by atoms with Crippen LogP contribution in [-0.4, -0.2) is 24.9 Å². The van der Waals surface area contributed by atoms with Crippen molar-refractivity contribution in [1.82, 2.24) is 19.1 Å². The number of nitrogens with zero attached hydrogens (tertiary/aromatic N) is 4. The van der Waals surface area contributed by atoms with Crippen molar-refractivity contribution >= 4 is 22.8 Å². The molecule has 208 valence electrons. The van der Waals surface area contributed by atoms with Gasteiger partial charge in [0.05, 0.1) is 33.9 Å². The van der Waals surface area contributed by atoms with E-state index in [0.717, 1.165) is 17.7 Å². The molecule has 0 spiro atoms. The zero-order valence-corrected chi connectivity index (χ0v) is 22.7. The summed E-state index contributed by atoms with van der Waals surface area (Å²) in [6.45, 7) is 5.28. The minimum Gasteiger partial charge on any atom is -0.324 e. The molecule has 0 radical (unpaired) electrons. The number of hydrogen-bond donors (Lipinski definition) is 0. The maximum atomic E-state index is 13.8. The van der Waals surface area contributed by atoms with Crippen LogP contribution in [0.5, 0.6) is 0 Å². The minimum atomic E-state index is -4.43. The van der Waals surface area contributed by atoms with Gasteiger partial charge >= 0.3 is 6.18 Å². The molecule has 1 unspecified atom stereocenters. The Morgan fingerprint density at radius 2 is 1.66 bits per heavy atom. The van der Waals surface area contributed by atoms with Gasteiger partial charge in [0.15, 0.2) is 5.78 Å². The fourth-order valence-electron chi connectivity index (χ4n) is 4.69. The van der Waals surface area contributed by atoms with E-state index < -0.39 is 17.8 Å². The monoisotopic (exact) mass is 556 g/mol. The van der Waals surface area contributed by atoms with Gasteiger partial charge in [-0.25, -0.2) is 9.97 Å². The van der Waals surface area contributed by atoms with Crippen molar-refractivity contribution in [3.8, 4) is 5.69 Å². The third-order valence-electron chi connectivity index (χ3n) is 6.84. The van der Waals surface area contributed by atoms with E-state index in [0.29, 0.717) is 39.5 Å². The predicted molar refractivity (Wildman–Crippen MR) is 152 cm³/mol. The van der Waals surface area contributed by atoms with Gasteiger partial charge in [-0.3, -0.25) is 14.2 Å². The molecule has 0 saturated heterocycles. The summed E-state index contributed by atoms with van der Waals surface area (Å²) in [5.41, 5.74) is 2.42. The highest BCUT2D eigenvalue weighted by Gasteiger charge is 2.30. The maximum Gasteiger partial charge on any atom is 0.416 e. The molecule has 0 aliphatic heterocycles. The smallest absolute Gasteiger partial charge is 0.324 e. The Balaban J connectivity index is 1.66. The number of para-hydroxylation sites is 1. The van der Waals surface area contributed by atoms with Crippen molar-refractivity contribution < 1.29 is 18.0 Å². The quantitative estimate of drug-likeness (QED) is 0.209. The fraction of sp³-hybridized carbons (Fsp3) is 0.188. The lowest BCUT2D eigenvalue weighted by atomic mass is 10.1. The average molecular weight is 557 g/mol. The van der Waals surface area contributed by atoms with Gasteiger partial charge < -0.3 is 4.57 Å². The number of halogens is 3. The van der Waals surface area contributed by atoms with Crippen LogP contribution < -0.4 is 5.56 Å². The predicted octanol–water partition coefficient (Wildman–Crippen LogP) is 6.71. The summed E-state index contributed by atoms with van der Waals surface area (Å²) in [5.74, 6) is 0.852. The Morgan fingerprint density at radius 1 is 0.976 bits per heavy atom. The number of imidazole rings is 1. The number of hydrogen-bond acceptors (Lipinski definition) is 4. The Bertz CT molecular complexity index is 1820. The second-order valence-electron chi connectivity index (χ2n) is 9.94. The molecule has 0 amide bonds. The lowest BCUT2D eigenvalue weighted by molar-refractivity contribution is -0.137. The third kappa shape index (κ3) is 5.89. The standard InChI is InChI=1S/C32H27F3N4O2/c1-20-8-16-26(17-9-20)39-30(37-28-7-5-4-6-27(28)31(39)41)22(3)38-19-25(15-10-21(2)40)36-29(38)18-23-11-13-24(14-12-23)32(33,34)35/h4-17,19,22H,18H2,1-3H3/b15-10+. The van der Waals surface area contributed by atoms with Crippen molar-refractivity contribution in [3.05, 3.63) is 129 Å². The van der Waals surface area contributed by atoms with Crippen LogP contribution in [0.25, 0.3) is 22.7 Å². The normalized spacial score (nSPS) is 12.7. The van der Waals surface area contributed by atoms with E-state index in [4.69, 9.17) is 4.98 Å². The Labute approximate surface area is 234 Å². The fourth-order valence-corrected chi connectivity index (χ4v) is 4.69. The summed E-state index contributed by atoms with van der Waals surface area (Å²) in [4.78, 5) is 35.0. The van der Waals surface area contributed by atoms with Gasteiger partial charge in [-0.1, -0.05) is 42.0 Å². The summed E-state index contributed by atoms with van der Waals surface area (Å²) < 4.78 is 42.8. The zero-order chi connectivity index (χ0) is 29.3. The van der Waals surface area contributed by atoms with E-state index in [-0.39, 0.29) is 17.8 Å². The number of fused-ring (bicyclic) bond motifs is 1. The second-order valence-corrected chi connectivity index (χ2v) is 9.94. The van der Waals surface area contributed by atoms with Crippen LogP contribution in [0.15, 0.2) is 89.9 Å². The highest BCUT2D eigenvalue weighted by atomic mass is 19.4. The summed E-state index contributed by atoms with van der Waals surface area (Å²) in [5, 5.41) is 0.477. The van der Waals surface area contributed by atoms with Gasteiger partial charge in [0.25, 0.3) is 5.56 Å². The zero-order valence-electron chi connectivity index (χ0n) is 22.7. The number of carbonyl (C=O) groups is 1. The number of carbonyl (C=O) groups excluding carboxylic acids is 1. The van der Waals surface area contributed by atoms with Crippen LogP contribution >= 0.6 is 0 Å². The maximum absolute atomic E-state index is 13.8. The molecule has 0 aliphatic carbocycles. The molecule has 1 atom stereocenters. The number of ketones is 1. The third-order valence-corrected chi connectivity index (χ3v) is 6.84. The molecule has 0 fully saturated rings. The first-order chi connectivity index (χ1) is 19.5. The molecule has 3 aromatic carbocycles. The highest BCUT2D eigenvalue weighted by Crippen LogP contribution is 2.30.